The molecule has 0 aromatic carbocycles. The smallest absolute Gasteiger partial charge is 0.316 e. The first-order valence-electron chi connectivity index (χ1n) is 10.9. The molecule has 3 fully saturated rings. The number of fused-ring (bicyclic) bond motifs is 5. The minimum atomic E-state index is -0.0255. The predicted molar refractivity (Wildman–Crippen MR) is 110 cm³/mol. The maximum atomic E-state index is 12.2. The average molecular weight is 391 g/mol. The van der Waals surface area contributed by atoms with Crippen molar-refractivity contribution in [2.24, 2.45) is 28.6 Å². The molecule has 4 heteroatoms. The number of esters is 1. The van der Waals surface area contributed by atoms with Gasteiger partial charge in [-0.15, -0.1) is 0 Å². The van der Waals surface area contributed by atoms with Crippen LogP contribution in [0.2, 0.25) is 0 Å². The Labute approximate surface area is 168 Å². The maximum absolute atomic E-state index is 12.2. The Balaban J connectivity index is 1.51. The summed E-state index contributed by atoms with van der Waals surface area (Å²) in [5.74, 6) is 3.85. The van der Waals surface area contributed by atoms with Gasteiger partial charge >= 0.3 is 5.97 Å². The number of hydrogen-bond donors (Lipinski definition) is 0. The Bertz CT molecular complexity index is 656. The molecule has 0 spiro atoms. The van der Waals surface area contributed by atoms with Crippen LogP contribution in [0.1, 0.15) is 72.1 Å². The Morgan fingerprint density at radius 3 is 2.74 bits per heavy atom. The Hall–Kier alpha value is -0.770. The van der Waals surface area contributed by atoms with E-state index in [9.17, 15) is 9.59 Å². The van der Waals surface area contributed by atoms with Gasteiger partial charge in [0.2, 0.25) is 0 Å². The van der Waals surface area contributed by atoms with Crippen LogP contribution in [0.4, 0.5) is 0 Å². The molecule has 0 N–H and O–H groups in total. The van der Waals surface area contributed by atoms with Gasteiger partial charge in [0.05, 0.1) is 5.75 Å². The zero-order valence-corrected chi connectivity index (χ0v) is 17.9. The summed E-state index contributed by atoms with van der Waals surface area (Å²) in [6.45, 7) is 6.90. The van der Waals surface area contributed by atoms with Gasteiger partial charge < -0.3 is 4.74 Å². The molecule has 0 heterocycles. The lowest BCUT2D eigenvalue weighted by Crippen LogP contribution is -2.51. The highest BCUT2D eigenvalue weighted by atomic mass is 32.2. The van der Waals surface area contributed by atoms with Crippen molar-refractivity contribution in [3.05, 3.63) is 11.6 Å². The van der Waals surface area contributed by atoms with Crippen molar-refractivity contribution in [2.75, 3.05) is 11.5 Å². The predicted octanol–water partition coefficient (Wildman–Crippen LogP) is 5.18. The summed E-state index contributed by atoms with van der Waals surface area (Å²) in [6.07, 6.45) is 10.8. The summed E-state index contributed by atoms with van der Waals surface area (Å²) in [5, 5.41) is 0. The van der Waals surface area contributed by atoms with E-state index in [1.165, 1.54) is 24.8 Å². The van der Waals surface area contributed by atoms with Crippen molar-refractivity contribution in [1.29, 1.82) is 0 Å². The monoisotopic (exact) mass is 390 g/mol. The third-order valence-electron chi connectivity index (χ3n) is 8.57. The lowest BCUT2D eigenvalue weighted by molar-refractivity contribution is -0.156. The largest absolute Gasteiger partial charge is 0.461 e. The van der Waals surface area contributed by atoms with Crippen LogP contribution in [-0.4, -0.2) is 29.4 Å². The van der Waals surface area contributed by atoms with Crippen molar-refractivity contribution < 1.29 is 14.3 Å². The van der Waals surface area contributed by atoms with Crippen LogP contribution in [0.15, 0.2) is 11.6 Å². The zero-order valence-electron chi connectivity index (χ0n) is 17.1. The molecule has 3 nitrogen and oxygen atoms in total. The van der Waals surface area contributed by atoms with Gasteiger partial charge in [0.1, 0.15) is 6.10 Å². The van der Waals surface area contributed by atoms with Crippen LogP contribution < -0.4 is 0 Å². The standard InChI is InChI=1S/C23H34O3S/c1-4-27-14-21(25)26-20-8-7-18-17-6-5-15-13-16(24)9-11-22(15,2)19(17)10-12-23(18,20)3/h13,17-20H,4-12,14H2,1-3H3/t17-,18-,19-,20-,22-,23-/m0/s1. The van der Waals surface area contributed by atoms with Crippen molar-refractivity contribution in [2.45, 2.75) is 78.2 Å². The van der Waals surface area contributed by atoms with Crippen LogP contribution in [0.25, 0.3) is 0 Å². The van der Waals surface area contributed by atoms with E-state index in [-0.39, 0.29) is 22.9 Å². The van der Waals surface area contributed by atoms with E-state index in [0.29, 0.717) is 23.4 Å². The molecule has 6 atom stereocenters. The van der Waals surface area contributed by atoms with Crippen LogP contribution in [0, 0.1) is 28.6 Å². The van der Waals surface area contributed by atoms with Crippen molar-refractivity contribution in [3.63, 3.8) is 0 Å². The summed E-state index contributed by atoms with van der Waals surface area (Å²) in [5.41, 5.74) is 1.81. The zero-order chi connectivity index (χ0) is 19.2. The number of hydrogen-bond acceptors (Lipinski definition) is 4. The van der Waals surface area contributed by atoms with Crippen LogP contribution in [-0.2, 0) is 14.3 Å². The first kappa shape index (κ1) is 19.5. The fraction of sp³-hybridized carbons (Fsp3) is 0.826. The highest BCUT2D eigenvalue weighted by Gasteiger charge is 2.59. The highest BCUT2D eigenvalue weighted by Crippen LogP contribution is 2.65. The fourth-order valence-corrected chi connectivity index (χ4v) is 7.52. The van der Waals surface area contributed by atoms with Gasteiger partial charge in [0.25, 0.3) is 0 Å². The van der Waals surface area contributed by atoms with E-state index in [2.05, 4.69) is 20.8 Å². The van der Waals surface area contributed by atoms with E-state index in [1.54, 1.807) is 11.8 Å². The van der Waals surface area contributed by atoms with Gasteiger partial charge in [-0.25, -0.2) is 0 Å². The lowest BCUT2D eigenvalue weighted by Gasteiger charge is -2.57. The lowest BCUT2D eigenvalue weighted by atomic mass is 9.47. The summed E-state index contributed by atoms with van der Waals surface area (Å²) >= 11 is 1.65. The van der Waals surface area contributed by atoms with Gasteiger partial charge in [-0.3, -0.25) is 9.59 Å². The molecule has 0 aliphatic heterocycles. The van der Waals surface area contributed by atoms with Gasteiger partial charge in [-0.2, -0.15) is 11.8 Å². The van der Waals surface area contributed by atoms with Crippen LogP contribution >= 0.6 is 11.8 Å². The van der Waals surface area contributed by atoms with Crippen LogP contribution in [0.3, 0.4) is 0 Å². The minimum absolute atomic E-state index is 0.0255. The van der Waals surface area contributed by atoms with E-state index in [1.807, 2.05) is 6.08 Å². The Morgan fingerprint density at radius 2 is 1.96 bits per heavy atom. The highest BCUT2D eigenvalue weighted by molar-refractivity contribution is 7.99. The summed E-state index contributed by atoms with van der Waals surface area (Å²) in [7, 11) is 0. The Kier molecular flexibility index (Phi) is 5.24. The number of thioether (sulfide) groups is 1. The quantitative estimate of drug-likeness (QED) is 0.620. The number of allylic oxidation sites excluding steroid dienone is 1. The van der Waals surface area contributed by atoms with Crippen molar-refractivity contribution >= 4 is 23.5 Å². The second kappa shape index (κ2) is 7.24. The molecule has 150 valence electrons. The molecular formula is C23H34O3S. The summed E-state index contributed by atoms with van der Waals surface area (Å²) in [6, 6.07) is 0. The molecule has 0 aromatic heterocycles. The molecule has 4 aliphatic carbocycles. The molecule has 0 amide bonds. The third-order valence-corrected chi connectivity index (χ3v) is 9.42. The average Bonchev–Trinajstić information content (AvgIpc) is 2.97. The number of carbonyl (C=O) groups is 2. The topological polar surface area (TPSA) is 43.4 Å². The van der Waals surface area contributed by atoms with Gasteiger partial charge in [-0.1, -0.05) is 26.3 Å². The fourth-order valence-electron chi connectivity index (χ4n) is 7.08. The minimum Gasteiger partial charge on any atom is -0.461 e. The van der Waals surface area contributed by atoms with Gasteiger partial charge in [0.15, 0.2) is 5.78 Å². The number of carbonyl (C=O) groups excluding carboxylic acids is 2. The SMILES string of the molecule is CCSCC(=O)O[C@H]1CC[C@H]2[C@@H]3CCC4=CC(=O)CC[C@]4(C)[C@H]3CC[C@]12C. The molecule has 4 aliphatic rings. The molecule has 4 rings (SSSR count). The first-order valence-corrected chi connectivity index (χ1v) is 12.0. The van der Waals surface area contributed by atoms with Crippen LogP contribution in [0.5, 0.6) is 0 Å². The molecule has 27 heavy (non-hydrogen) atoms. The number of rotatable bonds is 4. The number of ketones is 1. The van der Waals surface area contributed by atoms with Gasteiger partial charge in [0, 0.05) is 11.8 Å². The summed E-state index contributed by atoms with van der Waals surface area (Å²) < 4.78 is 6.00. The molecule has 0 radical (unpaired) electrons. The van der Waals surface area contributed by atoms with E-state index in [4.69, 9.17) is 4.74 Å². The normalized spacial score (nSPS) is 43.4. The summed E-state index contributed by atoms with van der Waals surface area (Å²) in [4.78, 5) is 24.2. The van der Waals surface area contributed by atoms with E-state index in [0.717, 1.165) is 43.8 Å². The molecule has 0 saturated heterocycles. The molecule has 0 unspecified atom stereocenters. The third kappa shape index (κ3) is 3.20. The first-order chi connectivity index (χ1) is 12.9. The molecule has 0 bridgehead atoms. The second-order valence-corrected chi connectivity index (χ2v) is 11.0. The van der Waals surface area contributed by atoms with E-state index >= 15 is 0 Å². The number of ether oxygens (including phenoxy) is 1. The van der Waals surface area contributed by atoms with Gasteiger partial charge in [-0.05, 0) is 79.9 Å². The maximum Gasteiger partial charge on any atom is 0.316 e. The molecule has 3 saturated carbocycles. The van der Waals surface area contributed by atoms with Crippen molar-refractivity contribution in [3.8, 4) is 0 Å². The van der Waals surface area contributed by atoms with E-state index < -0.39 is 0 Å². The molecule has 0 aromatic rings. The Morgan fingerprint density at radius 1 is 1.15 bits per heavy atom. The van der Waals surface area contributed by atoms with Crippen molar-refractivity contribution in [1.82, 2.24) is 0 Å². The molecular weight excluding hydrogens is 356 g/mol. The second-order valence-electron chi connectivity index (χ2n) is 9.71.